The van der Waals surface area contributed by atoms with Gasteiger partial charge in [0.05, 0.1) is 16.9 Å². The van der Waals surface area contributed by atoms with Crippen LogP contribution >= 0.6 is 11.6 Å². The van der Waals surface area contributed by atoms with Crippen LogP contribution in [0.3, 0.4) is 0 Å². The van der Waals surface area contributed by atoms with Gasteiger partial charge in [-0.3, -0.25) is 0 Å². The van der Waals surface area contributed by atoms with E-state index in [4.69, 9.17) is 16.9 Å². The number of rotatable bonds is 2. The fourth-order valence-electron chi connectivity index (χ4n) is 1.45. The molecule has 90 valence electrons. The van der Waals surface area contributed by atoms with Gasteiger partial charge in [0.25, 0.3) is 0 Å². The Morgan fingerprint density at radius 3 is 2.50 bits per heavy atom. The molecule has 5 heteroatoms. The maximum atomic E-state index is 13.5. The van der Waals surface area contributed by atoms with Crippen molar-refractivity contribution in [1.82, 2.24) is 0 Å². The van der Waals surface area contributed by atoms with Gasteiger partial charge in [-0.05, 0) is 30.3 Å². The number of nitrogens with zero attached hydrogens (tertiary/aromatic N) is 1. The average Bonchev–Trinajstić information content (AvgIpc) is 2.33. The highest BCUT2D eigenvalue weighted by Gasteiger charge is 2.07. The van der Waals surface area contributed by atoms with Crippen LogP contribution in [0.2, 0.25) is 5.02 Å². The molecule has 18 heavy (non-hydrogen) atoms. The van der Waals surface area contributed by atoms with Gasteiger partial charge in [-0.1, -0.05) is 11.6 Å². The highest BCUT2D eigenvalue weighted by molar-refractivity contribution is 6.30. The lowest BCUT2D eigenvalue weighted by Gasteiger charge is -2.09. The molecule has 0 amide bonds. The number of anilines is 2. The molecule has 2 nitrogen and oxygen atoms in total. The van der Waals surface area contributed by atoms with Crippen molar-refractivity contribution < 1.29 is 8.78 Å². The third kappa shape index (κ3) is 2.58. The molecule has 0 aliphatic heterocycles. The average molecular weight is 265 g/mol. The first kappa shape index (κ1) is 12.3. The predicted molar refractivity (Wildman–Crippen MR) is 65.8 cm³/mol. The minimum Gasteiger partial charge on any atom is -0.352 e. The van der Waals surface area contributed by atoms with Crippen LogP contribution in [0.1, 0.15) is 5.56 Å². The molecule has 0 fully saturated rings. The third-order valence-electron chi connectivity index (χ3n) is 2.30. The summed E-state index contributed by atoms with van der Waals surface area (Å²) in [7, 11) is 0. The van der Waals surface area contributed by atoms with E-state index in [1.54, 1.807) is 6.07 Å². The maximum Gasteiger partial charge on any atom is 0.149 e. The molecule has 0 spiro atoms. The topological polar surface area (TPSA) is 35.8 Å². The van der Waals surface area contributed by atoms with Crippen LogP contribution in [0.25, 0.3) is 0 Å². The van der Waals surface area contributed by atoms with Gasteiger partial charge in [0, 0.05) is 11.1 Å². The second-order valence-corrected chi connectivity index (χ2v) is 3.99. The Labute approximate surface area is 107 Å². The number of hydrogen-bond acceptors (Lipinski definition) is 2. The van der Waals surface area contributed by atoms with Gasteiger partial charge in [0.15, 0.2) is 0 Å². The summed E-state index contributed by atoms with van der Waals surface area (Å²) >= 11 is 5.80. The highest BCUT2D eigenvalue weighted by Crippen LogP contribution is 2.26. The van der Waals surface area contributed by atoms with Crippen molar-refractivity contribution in [2.75, 3.05) is 5.32 Å². The fourth-order valence-corrected chi connectivity index (χ4v) is 1.63. The van der Waals surface area contributed by atoms with Crippen LogP contribution in [0, 0.1) is 23.0 Å². The first-order valence-corrected chi connectivity index (χ1v) is 5.39. The normalized spacial score (nSPS) is 9.89. The van der Waals surface area contributed by atoms with Crippen molar-refractivity contribution in [3.63, 3.8) is 0 Å². The number of nitriles is 1. The van der Waals surface area contributed by atoms with Crippen molar-refractivity contribution >= 4 is 23.0 Å². The van der Waals surface area contributed by atoms with Gasteiger partial charge in [0.2, 0.25) is 0 Å². The highest BCUT2D eigenvalue weighted by atomic mass is 35.5. The number of nitrogens with one attached hydrogen (secondary N) is 1. The van der Waals surface area contributed by atoms with E-state index >= 15 is 0 Å². The molecule has 2 rings (SSSR count). The van der Waals surface area contributed by atoms with Crippen LogP contribution < -0.4 is 5.32 Å². The van der Waals surface area contributed by atoms with Crippen LogP contribution in [0.4, 0.5) is 20.2 Å². The van der Waals surface area contributed by atoms with Gasteiger partial charge in [0.1, 0.15) is 17.7 Å². The van der Waals surface area contributed by atoms with Crippen LogP contribution in [-0.4, -0.2) is 0 Å². The lowest BCUT2D eigenvalue weighted by atomic mass is 10.2. The van der Waals surface area contributed by atoms with Crippen molar-refractivity contribution in [3.05, 3.63) is 58.6 Å². The molecule has 0 aliphatic rings. The van der Waals surface area contributed by atoms with Crippen LogP contribution in [-0.2, 0) is 0 Å². The summed E-state index contributed by atoms with van der Waals surface area (Å²) in [5.74, 6) is -1.40. The smallest absolute Gasteiger partial charge is 0.149 e. The van der Waals surface area contributed by atoms with Crippen LogP contribution in [0.5, 0.6) is 0 Å². The Hall–Kier alpha value is -2.12. The van der Waals surface area contributed by atoms with Crippen molar-refractivity contribution in [1.29, 1.82) is 5.26 Å². The van der Waals surface area contributed by atoms with Crippen molar-refractivity contribution in [2.24, 2.45) is 0 Å². The summed E-state index contributed by atoms with van der Waals surface area (Å²) in [5.41, 5.74) is 0.772. The molecule has 1 N–H and O–H groups in total. The summed E-state index contributed by atoms with van der Waals surface area (Å²) < 4.78 is 26.2. The zero-order valence-corrected chi connectivity index (χ0v) is 9.80. The molecule has 0 unspecified atom stereocenters. The van der Waals surface area contributed by atoms with Gasteiger partial charge in [-0.25, -0.2) is 8.78 Å². The van der Waals surface area contributed by atoms with Crippen LogP contribution in [0.15, 0.2) is 36.4 Å². The van der Waals surface area contributed by atoms with E-state index in [1.165, 1.54) is 18.2 Å². The summed E-state index contributed by atoms with van der Waals surface area (Å²) in [4.78, 5) is 0. The van der Waals surface area contributed by atoms with Gasteiger partial charge in [-0.2, -0.15) is 5.26 Å². The Balaban J connectivity index is 2.40. The molecular weight excluding hydrogens is 258 g/mol. The quantitative estimate of drug-likeness (QED) is 0.881. The molecular formula is C13H7ClF2N2. The molecule has 0 atom stereocenters. The lowest BCUT2D eigenvalue weighted by Crippen LogP contribution is -1.97. The number of benzene rings is 2. The van der Waals surface area contributed by atoms with Gasteiger partial charge in [-0.15, -0.1) is 0 Å². The fraction of sp³-hybridized carbons (Fsp3) is 0. The molecule has 0 radical (unpaired) electrons. The summed E-state index contributed by atoms with van der Waals surface area (Å²) in [6, 6.07) is 9.69. The zero-order chi connectivity index (χ0) is 13.1. The molecule has 0 aromatic heterocycles. The molecule has 0 heterocycles. The SMILES string of the molecule is N#Cc1ccc(Cl)cc1Nc1ccc(F)cc1F. The molecule has 0 saturated heterocycles. The van der Waals surface area contributed by atoms with E-state index in [-0.39, 0.29) is 5.69 Å². The standard InChI is InChI=1S/C13H7ClF2N2/c14-9-2-1-8(7-17)13(5-9)18-12-4-3-10(15)6-11(12)16/h1-6,18H. The minimum atomic E-state index is -0.737. The second-order valence-electron chi connectivity index (χ2n) is 3.55. The molecule has 0 bridgehead atoms. The Kier molecular flexibility index (Phi) is 3.45. The lowest BCUT2D eigenvalue weighted by molar-refractivity contribution is 0.586. The van der Waals surface area contributed by atoms with E-state index in [2.05, 4.69) is 5.32 Å². The maximum absolute atomic E-state index is 13.5. The van der Waals surface area contributed by atoms with E-state index in [1.807, 2.05) is 6.07 Å². The Morgan fingerprint density at radius 2 is 1.83 bits per heavy atom. The molecule has 0 saturated carbocycles. The molecule has 2 aromatic rings. The summed E-state index contributed by atoms with van der Waals surface area (Å²) in [6.07, 6.45) is 0. The minimum absolute atomic E-state index is 0.0789. The van der Waals surface area contributed by atoms with E-state index in [9.17, 15) is 8.78 Å². The van der Waals surface area contributed by atoms with Gasteiger partial charge < -0.3 is 5.32 Å². The van der Waals surface area contributed by atoms with Gasteiger partial charge >= 0.3 is 0 Å². The van der Waals surface area contributed by atoms with Crippen molar-refractivity contribution in [3.8, 4) is 6.07 Å². The van der Waals surface area contributed by atoms with E-state index in [0.717, 1.165) is 12.1 Å². The summed E-state index contributed by atoms with van der Waals surface area (Å²) in [6.45, 7) is 0. The molecule has 2 aromatic carbocycles. The number of halogens is 3. The van der Waals surface area contributed by atoms with E-state index in [0.29, 0.717) is 16.3 Å². The zero-order valence-electron chi connectivity index (χ0n) is 9.05. The monoisotopic (exact) mass is 264 g/mol. The first-order valence-electron chi connectivity index (χ1n) is 5.02. The third-order valence-corrected chi connectivity index (χ3v) is 2.54. The van der Waals surface area contributed by atoms with Crippen molar-refractivity contribution in [2.45, 2.75) is 0 Å². The predicted octanol–water partition coefficient (Wildman–Crippen LogP) is 4.23. The largest absolute Gasteiger partial charge is 0.352 e. The summed E-state index contributed by atoms with van der Waals surface area (Å²) in [5, 5.41) is 12.0. The second kappa shape index (κ2) is 5.03. The number of hydrogen-bond donors (Lipinski definition) is 1. The first-order chi connectivity index (χ1) is 8.60. The molecule has 0 aliphatic carbocycles. The van der Waals surface area contributed by atoms with E-state index < -0.39 is 11.6 Å². The Morgan fingerprint density at radius 1 is 1.06 bits per heavy atom. The Bertz CT molecular complexity index is 635.